The number of hydrogen-bond donors (Lipinski definition) is 2. The van der Waals surface area contributed by atoms with E-state index in [0.717, 1.165) is 5.56 Å². The molecular weight excluding hydrogens is 358 g/mol. The Kier molecular flexibility index (Phi) is 6.73. The molecule has 0 radical (unpaired) electrons. The Morgan fingerprint density at radius 1 is 1.08 bits per heavy atom. The number of ether oxygens (including phenoxy) is 1. The van der Waals surface area contributed by atoms with Crippen LogP contribution in [-0.4, -0.2) is 38.7 Å². The fourth-order valence-electron chi connectivity index (χ4n) is 2.02. The van der Waals surface area contributed by atoms with Crippen LogP contribution in [0.4, 0.5) is 5.69 Å². The molecule has 0 aliphatic carbocycles. The quantitative estimate of drug-likeness (QED) is 0.681. The van der Waals surface area contributed by atoms with Crippen molar-refractivity contribution in [3.8, 4) is 5.75 Å². The van der Waals surface area contributed by atoms with Gasteiger partial charge in [-0.25, -0.2) is 0 Å². The summed E-state index contributed by atoms with van der Waals surface area (Å²) in [7, 11) is -3.93. The second kappa shape index (κ2) is 8.79. The van der Waals surface area contributed by atoms with E-state index >= 15 is 0 Å². The van der Waals surface area contributed by atoms with Gasteiger partial charge in [0.1, 0.15) is 18.5 Å². The number of aryl methyl sites for hydroxylation is 1. The predicted octanol–water partition coefficient (Wildman–Crippen LogP) is 2.10. The lowest BCUT2D eigenvalue weighted by Crippen LogP contribution is -2.25. The van der Waals surface area contributed by atoms with Crippen molar-refractivity contribution in [2.24, 2.45) is 0 Å². The van der Waals surface area contributed by atoms with Gasteiger partial charge in [0.25, 0.3) is 10.1 Å². The van der Waals surface area contributed by atoms with Crippen molar-refractivity contribution in [1.82, 2.24) is 0 Å². The maximum atomic E-state index is 12.0. The first-order chi connectivity index (χ1) is 12.3. The van der Waals surface area contributed by atoms with E-state index in [1.165, 1.54) is 19.1 Å². The van der Waals surface area contributed by atoms with Gasteiger partial charge >= 0.3 is 0 Å². The van der Waals surface area contributed by atoms with Gasteiger partial charge in [0.15, 0.2) is 0 Å². The van der Waals surface area contributed by atoms with Crippen LogP contribution in [0.1, 0.15) is 12.5 Å². The van der Waals surface area contributed by atoms with Gasteiger partial charge < -0.3 is 15.2 Å². The number of aliphatic hydroxyl groups is 1. The molecule has 2 N–H and O–H groups in total. The van der Waals surface area contributed by atoms with Gasteiger partial charge in [-0.15, -0.1) is 0 Å². The third-order valence-electron chi connectivity index (χ3n) is 3.34. The molecule has 2 aromatic carbocycles. The average Bonchev–Trinajstić information content (AvgIpc) is 2.59. The van der Waals surface area contributed by atoms with Gasteiger partial charge in [0.2, 0.25) is 5.91 Å². The van der Waals surface area contributed by atoms with Crippen LogP contribution < -0.4 is 10.1 Å². The van der Waals surface area contributed by atoms with Crippen LogP contribution >= 0.6 is 0 Å². The first kappa shape index (κ1) is 19.9. The van der Waals surface area contributed by atoms with E-state index < -0.39 is 22.8 Å². The van der Waals surface area contributed by atoms with Crippen molar-refractivity contribution in [3.63, 3.8) is 0 Å². The molecule has 0 heterocycles. The Bertz CT molecular complexity index is 831. The molecule has 2 rings (SSSR count). The van der Waals surface area contributed by atoms with Crippen LogP contribution in [0.25, 0.3) is 0 Å². The number of aliphatic hydroxyl groups excluding tert-OH is 1. The lowest BCUT2D eigenvalue weighted by molar-refractivity contribution is -0.114. The number of anilines is 1. The molecular formula is C18H21NO6S. The molecule has 1 atom stereocenters. The van der Waals surface area contributed by atoms with Gasteiger partial charge in [-0.1, -0.05) is 17.7 Å². The molecule has 8 heteroatoms. The van der Waals surface area contributed by atoms with Gasteiger partial charge in [0.05, 0.1) is 11.5 Å². The molecule has 140 valence electrons. The summed E-state index contributed by atoms with van der Waals surface area (Å²) in [6, 6.07) is 12.8. The van der Waals surface area contributed by atoms with Crippen molar-refractivity contribution in [2.75, 3.05) is 18.5 Å². The van der Waals surface area contributed by atoms with Gasteiger partial charge in [-0.05, 0) is 43.3 Å². The Labute approximate surface area is 152 Å². The van der Waals surface area contributed by atoms with Crippen molar-refractivity contribution in [1.29, 1.82) is 0 Å². The fraction of sp³-hybridized carbons (Fsp3) is 0.278. The highest BCUT2D eigenvalue weighted by Crippen LogP contribution is 2.16. The smallest absolute Gasteiger partial charge is 0.297 e. The molecule has 0 unspecified atom stereocenters. The van der Waals surface area contributed by atoms with Crippen LogP contribution in [-0.2, 0) is 19.1 Å². The first-order valence-electron chi connectivity index (χ1n) is 7.91. The number of hydrogen-bond acceptors (Lipinski definition) is 6. The highest BCUT2D eigenvalue weighted by Gasteiger charge is 2.17. The third-order valence-corrected chi connectivity index (χ3v) is 4.64. The summed E-state index contributed by atoms with van der Waals surface area (Å²) in [5, 5.41) is 12.5. The van der Waals surface area contributed by atoms with Crippen LogP contribution in [0.3, 0.4) is 0 Å². The summed E-state index contributed by atoms with van der Waals surface area (Å²) in [6.45, 7) is 2.70. The molecule has 0 fully saturated rings. The zero-order valence-electron chi connectivity index (χ0n) is 14.5. The molecule has 2 aromatic rings. The summed E-state index contributed by atoms with van der Waals surface area (Å²) in [4.78, 5) is 11.0. The molecule has 1 amide bonds. The van der Waals surface area contributed by atoms with Gasteiger partial charge in [0, 0.05) is 12.6 Å². The normalized spacial score (nSPS) is 12.4. The van der Waals surface area contributed by atoms with Crippen molar-refractivity contribution >= 4 is 21.7 Å². The lowest BCUT2D eigenvalue weighted by atomic mass is 10.2. The van der Waals surface area contributed by atoms with Crippen LogP contribution in [0.15, 0.2) is 53.4 Å². The molecule has 0 spiro atoms. The van der Waals surface area contributed by atoms with E-state index in [1.807, 2.05) is 6.92 Å². The van der Waals surface area contributed by atoms with E-state index in [0.29, 0.717) is 11.4 Å². The number of carbonyl (C=O) groups excluding carboxylic acids is 1. The summed E-state index contributed by atoms with van der Waals surface area (Å²) in [5.41, 5.74) is 1.56. The van der Waals surface area contributed by atoms with E-state index in [-0.39, 0.29) is 17.4 Å². The number of rotatable bonds is 8. The average molecular weight is 379 g/mol. The van der Waals surface area contributed by atoms with Crippen LogP contribution in [0.2, 0.25) is 0 Å². The Morgan fingerprint density at radius 2 is 1.69 bits per heavy atom. The maximum Gasteiger partial charge on any atom is 0.297 e. The summed E-state index contributed by atoms with van der Waals surface area (Å²) >= 11 is 0. The minimum absolute atomic E-state index is 0.0322. The molecule has 0 bridgehead atoms. The predicted molar refractivity (Wildman–Crippen MR) is 96.6 cm³/mol. The standard InChI is InChI=1S/C18H21NO6S/c1-13-3-9-18(10-4-13)26(22,23)25-12-16(21)11-24-17-7-5-15(6-8-17)19-14(2)20/h3-10,16,21H,11-12H2,1-2H3,(H,19,20)/t16-/m0/s1. The zero-order chi connectivity index (χ0) is 19.2. The number of benzene rings is 2. The highest BCUT2D eigenvalue weighted by molar-refractivity contribution is 7.86. The van der Waals surface area contributed by atoms with Crippen LogP contribution in [0, 0.1) is 6.92 Å². The number of carbonyl (C=O) groups is 1. The maximum absolute atomic E-state index is 12.0. The molecule has 0 saturated carbocycles. The Hall–Kier alpha value is -2.42. The van der Waals surface area contributed by atoms with E-state index in [2.05, 4.69) is 5.32 Å². The van der Waals surface area contributed by atoms with Crippen molar-refractivity contribution in [2.45, 2.75) is 24.8 Å². The minimum atomic E-state index is -3.93. The summed E-state index contributed by atoms with van der Waals surface area (Å²) < 4.78 is 34.3. The second-order valence-corrected chi connectivity index (χ2v) is 7.34. The molecule has 0 aromatic heterocycles. The zero-order valence-corrected chi connectivity index (χ0v) is 15.3. The van der Waals surface area contributed by atoms with E-state index in [9.17, 15) is 18.3 Å². The largest absolute Gasteiger partial charge is 0.491 e. The highest BCUT2D eigenvalue weighted by atomic mass is 32.2. The van der Waals surface area contributed by atoms with Gasteiger partial charge in [-0.2, -0.15) is 8.42 Å². The first-order valence-corrected chi connectivity index (χ1v) is 9.32. The SMILES string of the molecule is CC(=O)Nc1ccc(OC[C@H](O)COS(=O)(=O)c2ccc(C)cc2)cc1. The van der Waals surface area contributed by atoms with E-state index in [1.54, 1.807) is 36.4 Å². The fourth-order valence-corrected chi connectivity index (χ4v) is 2.96. The number of nitrogens with one attached hydrogen (secondary N) is 1. The molecule has 0 aliphatic heterocycles. The second-order valence-electron chi connectivity index (χ2n) is 5.72. The Balaban J connectivity index is 1.82. The molecule has 0 aliphatic rings. The molecule has 7 nitrogen and oxygen atoms in total. The van der Waals surface area contributed by atoms with Crippen molar-refractivity contribution < 1.29 is 27.2 Å². The molecule has 26 heavy (non-hydrogen) atoms. The third kappa shape index (κ3) is 6.14. The van der Waals surface area contributed by atoms with Crippen LogP contribution in [0.5, 0.6) is 5.75 Å². The summed E-state index contributed by atoms with van der Waals surface area (Å²) in [6.07, 6.45) is -1.12. The lowest BCUT2D eigenvalue weighted by Gasteiger charge is -2.13. The number of amides is 1. The minimum Gasteiger partial charge on any atom is -0.491 e. The molecule has 0 saturated heterocycles. The topological polar surface area (TPSA) is 102 Å². The Morgan fingerprint density at radius 3 is 2.27 bits per heavy atom. The monoisotopic (exact) mass is 379 g/mol. The van der Waals surface area contributed by atoms with Crippen molar-refractivity contribution in [3.05, 3.63) is 54.1 Å². The van der Waals surface area contributed by atoms with Gasteiger partial charge in [-0.3, -0.25) is 8.98 Å². The summed E-state index contributed by atoms with van der Waals surface area (Å²) in [5.74, 6) is 0.292. The van der Waals surface area contributed by atoms with E-state index in [4.69, 9.17) is 8.92 Å².